The first-order chi connectivity index (χ1) is 9.05. The minimum Gasteiger partial charge on any atom is -0.378 e. The van der Waals surface area contributed by atoms with E-state index >= 15 is 0 Å². The molecule has 0 aromatic rings. The molecular weight excluding hydrogens is 276 g/mol. The lowest BCUT2D eigenvalue weighted by molar-refractivity contribution is -0.140. The van der Waals surface area contributed by atoms with E-state index in [4.69, 9.17) is 4.74 Å². The van der Waals surface area contributed by atoms with E-state index in [1.54, 1.807) is 0 Å². The molecule has 118 valence electrons. The van der Waals surface area contributed by atoms with E-state index in [-0.39, 0.29) is 35.7 Å². The van der Waals surface area contributed by atoms with Crippen LogP contribution in [-0.4, -0.2) is 37.7 Å². The standard InChI is InChI=1S/C15H28N2O2.ClH/c1-4-5-8-19-13-9-12(15(13,2)3)17-14(18)11-6-7-16-10-11;/h11-13,16H,4-10H2,1-3H3,(H,17,18);1H. The first-order valence-electron chi connectivity index (χ1n) is 7.68. The molecule has 1 amide bonds. The van der Waals surface area contributed by atoms with Gasteiger partial charge in [0, 0.05) is 24.6 Å². The number of nitrogens with one attached hydrogen (secondary N) is 2. The number of hydrogen-bond acceptors (Lipinski definition) is 3. The molecule has 0 aromatic carbocycles. The molecule has 3 atom stereocenters. The van der Waals surface area contributed by atoms with Crippen LogP contribution in [0.1, 0.15) is 46.5 Å². The summed E-state index contributed by atoms with van der Waals surface area (Å²) in [7, 11) is 0. The fraction of sp³-hybridized carbons (Fsp3) is 0.933. The van der Waals surface area contributed by atoms with Gasteiger partial charge in [-0.15, -0.1) is 12.4 Å². The van der Waals surface area contributed by atoms with Crippen molar-refractivity contribution in [3.63, 3.8) is 0 Å². The van der Waals surface area contributed by atoms with Crippen LogP contribution >= 0.6 is 12.4 Å². The van der Waals surface area contributed by atoms with Crippen LogP contribution in [-0.2, 0) is 9.53 Å². The summed E-state index contributed by atoms with van der Waals surface area (Å²) in [6.45, 7) is 9.21. The van der Waals surface area contributed by atoms with Gasteiger partial charge in [-0.25, -0.2) is 0 Å². The smallest absolute Gasteiger partial charge is 0.224 e. The van der Waals surface area contributed by atoms with Gasteiger partial charge in [-0.3, -0.25) is 4.79 Å². The van der Waals surface area contributed by atoms with Gasteiger partial charge >= 0.3 is 0 Å². The number of rotatable bonds is 6. The number of carbonyl (C=O) groups excluding carboxylic acids is 1. The van der Waals surface area contributed by atoms with Crippen LogP contribution < -0.4 is 10.6 Å². The SMILES string of the molecule is CCCCOC1CC(NC(=O)C2CCNC2)C1(C)C.Cl. The van der Waals surface area contributed by atoms with Crippen molar-refractivity contribution < 1.29 is 9.53 Å². The van der Waals surface area contributed by atoms with Crippen molar-refractivity contribution in [2.24, 2.45) is 11.3 Å². The Bertz CT molecular complexity index is 317. The normalized spacial score (nSPS) is 31.2. The summed E-state index contributed by atoms with van der Waals surface area (Å²) < 4.78 is 5.91. The zero-order valence-electron chi connectivity index (χ0n) is 12.9. The number of unbranched alkanes of at least 4 members (excludes halogenated alkanes) is 1. The average molecular weight is 305 g/mol. The van der Waals surface area contributed by atoms with Crippen molar-refractivity contribution in [3.8, 4) is 0 Å². The van der Waals surface area contributed by atoms with Gasteiger partial charge in [0.1, 0.15) is 0 Å². The molecule has 20 heavy (non-hydrogen) atoms. The number of carbonyl (C=O) groups is 1. The van der Waals surface area contributed by atoms with E-state index in [0.717, 1.165) is 39.0 Å². The van der Waals surface area contributed by atoms with Crippen molar-refractivity contribution in [2.45, 2.75) is 58.6 Å². The van der Waals surface area contributed by atoms with Gasteiger partial charge in [0.15, 0.2) is 0 Å². The number of halogens is 1. The molecule has 0 spiro atoms. The highest BCUT2D eigenvalue weighted by Gasteiger charge is 2.50. The summed E-state index contributed by atoms with van der Waals surface area (Å²) in [5.41, 5.74) is 0.0649. The van der Waals surface area contributed by atoms with Gasteiger partial charge in [-0.2, -0.15) is 0 Å². The maximum absolute atomic E-state index is 12.1. The molecule has 4 nitrogen and oxygen atoms in total. The summed E-state index contributed by atoms with van der Waals surface area (Å²) in [6, 6.07) is 0.271. The lowest BCUT2D eigenvalue weighted by Gasteiger charge is -2.52. The monoisotopic (exact) mass is 304 g/mol. The molecule has 2 rings (SSSR count). The largest absolute Gasteiger partial charge is 0.378 e. The van der Waals surface area contributed by atoms with E-state index in [1.165, 1.54) is 6.42 Å². The van der Waals surface area contributed by atoms with Crippen LogP contribution in [0.25, 0.3) is 0 Å². The molecule has 1 aliphatic carbocycles. The van der Waals surface area contributed by atoms with Gasteiger partial charge < -0.3 is 15.4 Å². The highest BCUT2D eigenvalue weighted by Crippen LogP contribution is 2.43. The first-order valence-corrected chi connectivity index (χ1v) is 7.68. The van der Waals surface area contributed by atoms with Gasteiger partial charge in [-0.1, -0.05) is 27.2 Å². The molecule has 0 bridgehead atoms. The second kappa shape index (κ2) is 7.62. The minimum atomic E-state index is 0. The van der Waals surface area contributed by atoms with Gasteiger partial charge in [0.05, 0.1) is 12.0 Å². The van der Waals surface area contributed by atoms with E-state index in [2.05, 4.69) is 31.4 Å². The van der Waals surface area contributed by atoms with E-state index in [9.17, 15) is 4.79 Å². The minimum absolute atomic E-state index is 0. The quantitative estimate of drug-likeness (QED) is 0.739. The van der Waals surface area contributed by atoms with Crippen molar-refractivity contribution >= 4 is 18.3 Å². The summed E-state index contributed by atoms with van der Waals surface area (Å²) in [5, 5.41) is 6.45. The van der Waals surface area contributed by atoms with Crippen LogP contribution in [0.5, 0.6) is 0 Å². The Morgan fingerprint density at radius 2 is 2.20 bits per heavy atom. The molecule has 1 heterocycles. The predicted octanol–water partition coefficient (Wildman–Crippen LogP) is 2.12. The Morgan fingerprint density at radius 3 is 2.75 bits per heavy atom. The summed E-state index contributed by atoms with van der Waals surface area (Å²) in [6.07, 6.45) is 4.52. The average Bonchev–Trinajstić information content (AvgIpc) is 2.90. The molecule has 1 saturated heterocycles. The molecule has 2 aliphatic rings. The third-order valence-corrected chi connectivity index (χ3v) is 4.74. The maximum Gasteiger partial charge on any atom is 0.224 e. The molecule has 2 N–H and O–H groups in total. The lowest BCUT2D eigenvalue weighted by Crippen LogP contribution is -2.62. The third-order valence-electron chi connectivity index (χ3n) is 4.74. The van der Waals surface area contributed by atoms with Gasteiger partial charge in [0.25, 0.3) is 0 Å². The molecule has 0 radical (unpaired) electrons. The van der Waals surface area contributed by atoms with Crippen LogP contribution in [0.15, 0.2) is 0 Å². The van der Waals surface area contributed by atoms with Crippen LogP contribution in [0.3, 0.4) is 0 Å². The predicted molar refractivity (Wildman–Crippen MR) is 83.2 cm³/mol. The molecule has 0 aromatic heterocycles. The summed E-state index contributed by atoms with van der Waals surface area (Å²) >= 11 is 0. The topological polar surface area (TPSA) is 50.4 Å². The Labute approximate surface area is 128 Å². The highest BCUT2D eigenvalue weighted by molar-refractivity contribution is 5.85. The third kappa shape index (κ3) is 3.86. The molecule has 5 heteroatoms. The Balaban J connectivity index is 0.00000200. The van der Waals surface area contributed by atoms with Crippen molar-refractivity contribution in [3.05, 3.63) is 0 Å². The number of ether oxygens (including phenoxy) is 1. The first kappa shape index (κ1) is 17.7. The van der Waals surface area contributed by atoms with E-state index in [0.29, 0.717) is 6.10 Å². The van der Waals surface area contributed by atoms with Crippen molar-refractivity contribution in [1.82, 2.24) is 10.6 Å². The molecule has 1 saturated carbocycles. The Hall–Kier alpha value is -0.320. The zero-order valence-corrected chi connectivity index (χ0v) is 13.7. The highest BCUT2D eigenvalue weighted by atomic mass is 35.5. The molecule has 2 fully saturated rings. The lowest BCUT2D eigenvalue weighted by atomic mass is 9.64. The summed E-state index contributed by atoms with van der Waals surface area (Å²) in [4.78, 5) is 12.1. The molecular formula is C15H29ClN2O2. The van der Waals surface area contributed by atoms with E-state index < -0.39 is 0 Å². The zero-order chi connectivity index (χ0) is 13.9. The van der Waals surface area contributed by atoms with Gasteiger partial charge in [0.2, 0.25) is 5.91 Å². The molecule has 3 unspecified atom stereocenters. The summed E-state index contributed by atoms with van der Waals surface area (Å²) in [5.74, 6) is 0.381. The van der Waals surface area contributed by atoms with E-state index in [1.807, 2.05) is 0 Å². The maximum atomic E-state index is 12.1. The van der Waals surface area contributed by atoms with Crippen LogP contribution in [0.2, 0.25) is 0 Å². The second-order valence-corrected chi connectivity index (χ2v) is 6.52. The second-order valence-electron chi connectivity index (χ2n) is 6.52. The van der Waals surface area contributed by atoms with Gasteiger partial charge in [-0.05, 0) is 25.8 Å². The number of hydrogen-bond donors (Lipinski definition) is 2. The molecule has 1 aliphatic heterocycles. The van der Waals surface area contributed by atoms with Crippen LogP contribution in [0.4, 0.5) is 0 Å². The fourth-order valence-corrected chi connectivity index (χ4v) is 2.95. The van der Waals surface area contributed by atoms with Crippen molar-refractivity contribution in [1.29, 1.82) is 0 Å². The Kier molecular flexibility index (Phi) is 6.76. The van der Waals surface area contributed by atoms with Crippen molar-refractivity contribution in [2.75, 3.05) is 19.7 Å². The fourth-order valence-electron chi connectivity index (χ4n) is 2.95. The Morgan fingerprint density at radius 1 is 1.45 bits per heavy atom. The number of amides is 1. The van der Waals surface area contributed by atoms with Crippen LogP contribution in [0, 0.1) is 11.3 Å².